The summed E-state index contributed by atoms with van der Waals surface area (Å²) in [7, 11) is 0. The number of ketones is 2. The number of carbonyl (C=O) groups is 3. The second-order valence-electron chi connectivity index (χ2n) is 2.66. The van der Waals surface area contributed by atoms with Gasteiger partial charge in [-0.2, -0.15) is 0 Å². The van der Waals surface area contributed by atoms with Crippen LogP contribution in [-0.4, -0.2) is 22.6 Å². The molecular weight excluding hydrogens is 148 g/mol. The lowest BCUT2D eigenvalue weighted by Crippen LogP contribution is -2.24. The lowest BCUT2D eigenvalue weighted by Gasteiger charge is -1.98. The van der Waals surface area contributed by atoms with Crippen LogP contribution in [0.3, 0.4) is 0 Å². The van der Waals surface area contributed by atoms with Crippen LogP contribution in [0.4, 0.5) is 0 Å². The Bertz CT molecular complexity index is 193. The van der Waals surface area contributed by atoms with E-state index in [2.05, 4.69) is 0 Å². The van der Waals surface area contributed by atoms with Crippen LogP contribution >= 0.6 is 0 Å². The lowest BCUT2D eigenvalue weighted by atomic mass is 10.0. The number of aliphatic carboxylic acids is 1. The molecule has 0 aliphatic heterocycles. The fourth-order valence-electron chi connectivity index (χ4n) is 0.583. The lowest BCUT2D eigenvalue weighted by molar-refractivity contribution is -0.153. The third kappa shape index (κ3) is 3.50. The maximum atomic E-state index is 10.7. The summed E-state index contributed by atoms with van der Waals surface area (Å²) in [6.07, 6.45) is 0.00509. The predicted octanol–water partition coefficient (Wildman–Crippen LogP) is 0.255. The minimum absolute atomic E-state index is 0.00509. The van der Waals surface area contributed by atoms with Gasteiger partial charge < -0.3 is 5.11 Å². The van der Waals surface area contributed by atoms with Gasteiger partial charge in [0, 0.05) is 6.42 Å². The Kier molecular flexibility index (Phi) is 3.44. The Balaban J connectivity index is 4.05. The number of carbonyl (C=O) groups excluding carboxylic acids is 2. The first kappa shape index (κ1) is 9.81. The molecule has 0 saturated carbocycles. The van der Waals surface area contributed by atoms with E-state index in [-0.39, 0.29) is 12.3 Å². The molecule has 62 valence electrons. The van der Waals surface area contributed by atoms with Crippen molar-refractivity contribution in [2.75, 3.05) is 0 Å². The summed E-state index contributed by atoms with van der Waals surface area (Å²) in [4.78, 5) is 31.0. The number of carboxylic acid groups (broad SMARTS) is 1. The van der Waals surface area contributed by atoms with Gasteiger partial charge in [0.2, 0.25) is 5.78 Å². The SMILES string of the molecule is CC(C)CC(=O)C(=O)C(=O)O. The van der Waals surface area contributed by atoms with Crippen molar-refractivity contribution < 1.29 is 19.5 Å². The Morgan fingerprint density at radius 1 is 1.27 bits per heavy atom. The van der Waals surface area contributed by atoms with Crippen LogP contribution in [0.25, 0.3) is 0 Å². The summed E-state index contributed by atoms with van der Waals surface area (Å²) in [6, 6.07) is 0. The summed E-state index contributed by atoms with van der Waals surface area (Å²) in [5.74, 6) is -3.80. The van der Waals surface area contributed by atoms with E-state index >= 15 is 0 Å². The molecule has 0 aromatic heterocycles. The molecule has 0 atom stereocenters. The van der Waals surface area contributed by atoms with E-state index in [1.165, 1.54) is 0 Å². The molecule has 0 aliphatic rings. The van der Waals surface area contributed by atoms with Gasteiger partial charge in [0.05, 0.1) is 0 Å². The van der Waals surface area contributed by atoms with E-state index in [0.717, 1.165) is 0 Å². The first-order valence-corrected chi connectivity index (χ1v) is 3.25. The van der Waals surface area contributed by atoms with Crippen LogP contribution < -0.4 is 0 Å². The molecule has 0 amide bonds. The number of Topliss-reactive ketones (excluding diaryl/α,β-unsaturated/α-hetero) is 2. The molecule has 0 unspecified atom stereocenters. The zero-order valence-electron chi connectivity index (χ0n) is 6.46. The molecule has 0 spiro atoms. The van der Waals surface area contributed by atoms with Gasteiger partial charge in [0.1, 0.15) is 0 Å². The maximum Gasteiger partial charge on any atom is 0.380 e. The van der Waals surface area contributed by atoms with E-state index in [9.17, 15) is 14.4 Å². The second-order valence-corrected chi connectivity index (χ2v) is 2.66. The number of carboxylic acids is 1. The first-order chi connectivity index (χ1) is 4.95. The standard InChI is InChI=1S/C7H10O4/c1-4(2)3-5(8)6(9)7(10)11/h4H,3H2,1-2H3,(H,10,11). The number of hydrogen-bond donors (Lipinski definition) is 1. The van der Waals surface area contributed by atoms with Crippen molar-refractivity contribution in [3.63, 3.8) is 0 Å². The largest absolute Gasteiger partial charge is 0.475 e. The highest BCUT2D eigenvalue weighted by molar-refractivity contribution is 6.61. The van der Waals surface area contributed by atoms with Crippen molar-refractivity contribution in [2.45, 2.75) is 20.3 Å². The summed E-state index contributed by atoms with van der Waals surface area (Å²) in [5, 5.41) is 8.09. The van der Waals surface area contributed by atoms with Crippen molar-refractivity contribution in [1.82, 2.24) is 0 Å². The van der Waals surface area contributed by atoms with E-state index in [1.54, 1.807) is 13.8 Å². The normalized spacial score (nSPS) is 9.73. The van der Waals surface area contributed by atoms with Crippen molar-refractivity contribution >= 4 is 17.5 Å². The molecule has 0 heterocycles. The molecule has 0 aromatic carbocycles. The van der Waals surface area contributed by atoms with Gasteiger partial charge in [-0.3, -0.25) is 9.59 Å². The van der Waals surface area contributed by atoms with Crippen molar-refractivity contribution in [1.29, 1.82) is 0 Å². The highest BCUT2D eigenvalue weighted by Gasteiger charge is 2.21. The molecule has 1 N–H and O–H groups in total. The number of hydrogen-bond acceptors (Lipinski definition) is 3. The van der Waals surface area contributed by atoms with Crippen molar-refractivity contribution in [3.8, 4) is 0 Å². The topological polar surface area (TPSA) is 71.4 Å². The molecule has 0 fully saturated rings. The van der Waals surface area contributed by atoms with E-state index in [4.69, 9.17) is 5.11 Å². The molecule has 11 heavy (non-hydrogen) atoms. The van der Waals surface area contributed by atoms with Crippen LogP contribution in [-0.2, 0) is 14.4 Å². The highest BCUT2D eigenvalue weighted by Crippen LogP contribution is 2.00. The van der Waals surface area contributed by atoms with Crippen molar-refractivity contribution in [3.05, 3.63) is 0 Å². The molecule has 0 radical (unpaired) electrons. The summed E-state index contributed by atoms with van der Waals surface area (Å²) in [6.45, 7) is 3.49. The third-order valence-corrected chi connectivity index (χ3v) is 1.04. The molecular formula is C7H10O4. The Hall–Kier alpha value is -1.19. The van der Waals surface area contributed by atoms with Crippen LogP contribution in [0.2, 0.25) is 0 Å². The van der Waals surface area contributed by atoms with Crippen LogP contribution in [0, 0.1) is 5.92 Å². The first-order valence-electron chi connectivity index (χ1n) is 3.25. The van der Waals surface area contributed by atoms with Gasteiger partial charge in [0.25, 0.3) is 0 Å². The number of rotatable bonds is 4. The zero-order valence-corrected chi connectivity index (χ0v) is 6.46. The van der Waals surface area contributed by atoms with Gasteiger partial charge in [0.15, 0.2) is 0 Å². The van der Waals surface area contributed by atoms with Gasteiger partial charge in [-0.15, -0.1) is 0 Å². The smallest absolute Gasteiger partial charge is 0.380 e. The Labute approximate surface area is 64.2 Å². The fourth-order valence-corrected chi connectivity index (χ4v) is 0.583. The molecule has 4 heteroatoms. The molecule has 0 aromatic rings. The minimum Gasteiger partial charge on any atom is -0.475 e. The Morgan fingerprint density at radius 2 is 1.73 bits per heavy atom. The van der Waals surface area contributed by atoms with E-state index in [0.29, 0.717) is 0 Å². The van der Waals surface area contributed by atoms with Gasteiger partial charge in [-0.1, -0.05) is 13.8 Å². The highest BCUT2D eigenvalue weighted by atomic mass is 16.4. The predicted molar refractivity (Wildman–Crippen MR) is 37.1 cm³/mol. The summed E-state index contributed by atoms with van der Waals surface area (Å²) >= 11 is 0. The van der Waals surface area contributed by atoms with E-state index < -0.39 is 17.5 Å². The quantitative estimate of drug-likeness (QED) is 0.470. The summed E-state index contributed by atoms with van der Waals surface area (Å²) in [5.41, 5.74) is 0. The molecule has 0 saturated heterocycles. The van der Waals surface area contributed by atoms with E-state index in [1.807, 2.05) is 0 Å². The van der Waals surface area contributed by atoms with Gasteiger partial charge >= 0.3 is 11.8 Å². The van der Waals surface area contributed by atoms with Crippen LogP contribution in [0.1, 0.15) is 20.3 Å². The zero-order chi connectivity index (χ0) is 9.02. The van der Waals surface area contributed by atoms with Crippen LogP contribution in [0.15, 0.2) is 0 Å². The molecule has 0 bridgehead atoms. The van der Waals surface area contributed by atoms with Gasteiger partial charge in [-0.05, 0) is 5.92 Å². The molecule has 0 rings (SSSR count). The third-order valence-electron chi connectivity index (χ3n) is 1.04. The minimum atomic E-state index is -1.67. The van der Waals surface area contributed by atoms with Crippen molar-refractivity contribution in [2.24, 2.45) is 5.92 Å². The molecule has 0 aliphatic carbocycles. The monoisotopic (exact) mass is 158 g/mol. The molecule has 4 nitrogen and oxygen atoms in total. The average molecular weight is 158 g/mol. The average Bonchev–Trinajstić information content (AvgIpc) is 1.84. The second kappa shape index (κ2) is 3.85. The summed E-state index contributed by atoms with van der Waals surface area (Å²) < 4.78 is 0. The Morgan fingerprint density at radius 3 is 2.00 bits per heavy atom. The fraction of sp³-hybridized carbons (Fsp3) is 0.571. The maximum absolute atomic E-state index is 10.7. The van der Waals surface area contributed by atoms with Crippen LogP contribution in [0.5, 0.6) is 0 Å². The van der Waals surface area contributed by atoms with Gasteiger partial charge in [-0.25, -0.2) is 4.79 Å².